The van der Waals surface area contributed by atoms with Crippen LogP contribution in [0.4, 0.5) is 0 Å². The number of carbonyl (C=O) groups excluding carboxylic acids is 1. The van der Waals surface area contributed by atoms with Gasteiger partial charge in [-0.05, 0) is 49.9 Å². The van der Waals surface area contributed by atoms with Crippen molar-refractivity contribution in [3.8, 4) is 0 Å². The smallest absolute Gasteiger partial charge is 0.234 e. The van der Waals surface area contributed by atoms with Gasteiger partial charge in [-0.2, -0.15) is 0 Å². The number of hydrogen-bond acceptors (Lipinski definition) is 3. The lowest BCUT2D eigenvalue weighted by Gasteiger charge is -2.38. The molecule has 2 fully saturated rings. The molecule has 0 aliphatic heterocycles. The zero-order valence-electron chi connectivity index (χ0n) is 13.2. The second-order valence-electron chi connectivity index (χ2n) is 7.59. The molecule has 4 nitrogen and oxygen atoms in total. The summed E-state index contributed by atoms with van der Waals surface area (Å²) in [5, 5.41) is 3.30. The molecule has 2 rings (SSSR count). The molecule has 2 saturated carbocycles. The van der Waals surface area contributed by atoms with Gasteiger partial charge in [-0.15, -0.1) is 0 Å². The molecule has 0 heterocycles. The first-order valence-electron chi connectivity index (χ1n) is 8.03. The molecule has 2 aliphatic carbocycles. The Morgan fingerprint density at radius 3 is 2.65 bits per heavy atom. The fourth-order valence-corrected chi connectivity index (χ4v) is 3.58. The van der Waals surface area contributed by atoms with Gasteiger partial charge >= 0.3 is 0 Å². The summed E-state index contributed by atoms with van der Waals surface area (Å²) in [4.78, 5) is 11.4. The number of carbonyl (C=O) groups is 1. The molecule has 4 heteroatoms. The van der Waals surface area contributed by atoms with Crippen molar-refractivity contribution in [3.63, 3.8) is 0 Å². The normalized spacial score (nSPS) is 30.9. The minimum Gasteiger partial charge on any atom is -0.378 e. The first kappa shape index (κ1) is 15.8. The van der Waals surface area contributed by atoms with Crippen LogP contribution in [-0.2, 0) is 9.53 Å². The molecule has 0 aromatic heterocycles. The number of primary amides is 1. The van der Waals surface area contributed by atoms with Crippen molar-refractivity contribution in [2.45, 2.75) is 77.5 Å². The van der Waals surface area contributed by atoms with Gasteiger partial charge in [0.1, 0.15) is 0 Å². The zero-order valence-corrected chi connectivity index (χ0v) is 13.2. The highest BCUT2D eigenvalue weighted by atomic mass is 16.5. The summed E-state index contributed by atoms with van der Waals surface area (Å²) in [6.07, 6.45) is 6.90. The van der Waals surface area contributed by atoms with Gasteiger partial charge in [-0.1, -0.05) is 20.8 Å². The molecular formula is C16H30N2O2. The largest absolute Gasteiger partial charge is 0.378 e. The van der Waals surface area contributed by atoms with Gasteiger partial charge in [-0.25, -0.2) is 0 Å². The average molecular weight is 282 g/mol. The van der Waals surface area contributed by atoms with Crippen LogP contribution in [-0.4, -0.2) is 30.7 Å². The molecule has 116 valence electrons. The summed E-state index contributed by atoms with van der Waals surface area (Å²) in [7, 11) is 0. The predicted molar refractivity (Wildman–Crippen MR) is 80.3 cm³/mol. The monoisotopic (exact) mass is 282 g/mol. The van der Waals surface area contributed by atoms with Gasteiger partial charge in [0.2, 0.25) is 5.91 Å². The van der Waals surface area contributed by atoms with Crippen LogP contribution in [0.1, 0.15) is 59.3 Å². The summed E-state index contributed by atoms with van der Waals surface area (Å²) >= 11 is 0. The maximum absolute atomic E-state index is 11.4. The van der Waals surface area contributed by atoms with E-state index < -0.39 is 0 Å². The molecule has 0 spiro atoms. The maximum atomic E-state index is 11.4. The summed E-state index contributed by atoms with van der Waals surface area (Å²) in [5.41, 5.74) is 5.81. The van der Waals surface area contributed by atoms with Crippen LogP contribution in [0.3, 0.4) is 0 Å². The fourth-order valence-electron chi connectivity index (χ4n) is 3.58. The molecule has 1 amide bonds. The van der Waals surface area contributed by atoms with Crippen LogP contribution in [0, 0.1) is 11.3 Å². The van der Waals surface area contributed by atoms with Crippen LogP contribution in [0.15, 0.2) is 0 Å². The van der Waals surface area contributed by atoms with Gasteiger partial charge in [0, 0.05) is 12.6 Å². The van der Waals surface area contributed by atoms with E-state index in [1.165, 1.54) is 19.3 Å². The highest BCUT2D eigenvalue weighted by Crippen LogP contribution is 2.39. The molecule has 3 unspecified atom stereocenters. The number of hydrogen-bond donors (Lipinski definition) is 2. The van der Waals surface area contributed by atoms with Gasteiger partial charge in [0.05, 0.1) is 12.1 Å². The Kier molecular flexibility index (Phi) is 5.08. The fraction of sp³-hybridized carbons (Fsp3) is 0.938. The van der Waals surface area contributed by atoms with E-state index in [0.29, 0.717) is 30.6 Å². The van der Waals surface area contributed by atoms with Gasteiger partial charge in [0.15, 0.2) is 0 Å². The molecule has 2 aliphatic rings. The summed E-state index contributed by atoms with van der Waals surface area (Å²) in [6.45, 7) is 7.57. The van der Waals surface area contributed by atoms with E-state index in [2.05, 4.69) is 26.1 Å². The molecule has 0 aromatic rings. The lowest BCUT2D eigenvalue weighted by Crippen LogP contribution is -2.43. The number of nitrogens with two attached hydrogens (primary N) is 1. The van der Waals surface area contributed by atoms with Crippen LogP contribution in [0.5, 0.6) is 0 Å². The average Bonchev–Trinajstić information content (AvgIpc) is 3.08. The lowest BCUT2D eigenvalue weighted by molar-refractivity contribution is -0.121. The van der Waals surface area contributed by atoms with Crippen molar-refractivity contribution in [2.24, 2.45) is 17.1 Å². The molecule has 0 radical (unpaired) electrons. The number of nitrogens with one attached hydrogen (secondary N) is 1. The summed E-state index contributed by atoms with van der Waals surface area (Å²) in [5.74, 6) is 0.470. The van der Waals surface area contributed by atoms with E-state index in [1.807, 2.05) is 0 Å². The first-order chi connectivity index (χ1) is 9.35. The van der Waals surface area contributed by atoms with E-state index in [1.54, 1.807) is 0 Å². The van der Waals surface area contributed by atoms with Crippen LogP contribution >= 0.6 is 0 Å². The standard InChI is InChI=1S/C16H30N2O2/c1-11-8-13(10-16(2,3)9-11)20-7-6-14(15(17)19)18-12-4-5-12/h11-14,18H,4-10H2,1-3H3,(H2,17,19). The van der Waals surface area contributed by atoms with Crippen molar-refractivity contribution in [3.05, 3.63) is 0 Å². The topological polar surface area (TPSA) is 64.3 Å². The SMILES string of the molecule is CC1CC(OCCC(NC2CC2)C(N)=O)CC(C)(C)C1. The van der Waals surface area contributed by atoms with E-state index in [4.69, 9.17) is 10.5 Å². The predicted octanol–water partition coefficient (Wildman–Crippen LogP) is 2.21. The Hall–Kier alpha value is -0.610. The number of rotatable bonds is 7. The van der Waals surface area contributed by atoms with E-state index in [-0.39, 0.29) is 11.9 Å². The first-order valence-corrected chi connectivity index (χ1v) is 8.03. The third kappa shape index (κ3) is 5.06. The Balaban J connectivity index is 1.72. The van der Waals surface area contributed by atoms with Gasteiger partial charge in [0.25, 0.3) is 0 Å². The van der Waals surface area contributed by atoms with Gasteiger partial charge < -0.3 is 15.8 Å². The highest BCUT2D eigenvalue weighted by molar-refractivity contribution is 5.79. The summed E-state index contributed by atoms with van der Waals surface area (Å²) in [6, 6.07) is 0.276. The van der Waals surface area contributed by atoms with E-state index in [0.717, 1.165) is 18.8 Å². The molecule has 0 aromatic carbocycles. The molecular weight excluding hydrogens is 252 g/mol. The van der Waals surface area contributed by atoms with E-state index in [9.17, 15) is 4.79 Å². The maximum Gasteiger partial charge on any atom is 0.234 e. The van der Waals surface area contributed by atoms with Crippen LogP contribution < -0.4 is 11.1 Å². The second kappa shape index (κ2) is 6.44. The van der Waals surface area contributed by atoms with Crippen molar-refractivity contribution in [2.75, 3.05) is 6.61 Å². The minimum atomic E-state index is -0.252. The highest BCUT2D eigenvalue weighted by Gasteiger charge is 2.33. The molecule has 3 atom stereocenters. The van der Waals surface area contributed by atoms with Crippen molar-refractivity contribution < 1.29 is 9.53 Å². The molecule has 3 N–H and O–H groups in total. The molecule has 20 heavy (non-hydrogen) atoms. The second-order valence-corrected chi connectivity index (χ2v) is 7.59. The van der Waals surface area contributed by atoms with Crippen molar-refractivity contribution >= 4 is 5.91 Å². The Bertz CT molecular complexity index is 339. The van der Waals surface area contributed by atoms with E-state index >= 15 is 0 Å². The minimum absolute atomic E-state index is 0.225. The quantitative estimate of drug-likeness (QED) is 0.752. The summed E-state index contributed by atoms with van der Waals surface area (Å²) < 4.78 is 6.02. The lowest BCUT2D eigenvalue weighted by atomic mass is 9.71. The Morgan fingerprint density at radius 1 is 1.40 bits per heavy atom. The molecule has 0 bridgehead atoms. The Labute approximate surface area is 122 Å². The number of ether oxygens (including phenoxy) is 1. The molecule has 0 saturated heterocycles. The third-order valence-corrected chi connectivity index (χ3v) is 4.46. The van der Waals surface area contributed by atoms with Gasteiger partial charge in [-0.3, -0.25) is 4.79 Å². The van der Waals surface area contributed by atoms with Crippen molar-refractivity contribution in [1.82, 2.24) is 5.32 Å². The number of amides is 1. The third-order valence-electron chi connectivity index (χ3n) is 4.46. The van der Waals surface area contributed by atoms with Crippen LogP contribution in [0.25, 0.3) is 0 Å². The zero-order chi connectivity index (χ0) is 14.8. The van der Waals surface area contributed by atoms with Crippen LogP contribution in [0.2, 0.25) is 0 Å². The van der Waals surface area contributed by atoms with Crippen molar-refractivity contribution in [1.29, 1.82) is 0 Å². The Morgan fingerprint density at radius 2 is 2.10 bits per heavy atom.